The van der Waals surface area contributed by atoms with Crippen LogP contribution in [0.2, 0.25) is 0 Å². The second kappa shape index (κ2) is 5.75. The van der Waals surface area contributed by atoms with E-state index in [1.165, 1.54) is 6.07 Å². The van der Waals surface area contributed by atoms with Gasteiger partial charge in [-0.3, -0.25) is 4.79 Å². The summed E-state index contributed by atoms with van der Waals surface area (Å²) in [5, 5.41) is 2.83. The van der Waals surface area contributed by atoms with Gasteiger partial charge < -0.3 is 11.1 Å². The summed E-state index contributed by atoms with van der Waals surface area (Å²) in [6.07, 6.45) is 0. The number of benzene rings is 2. The van der Waals surface area contributed by atoms with Crippen molar-refractivity contribution in [2.45, 2.75) is 26.3 Å². The molecule has 116 valence electrons. The van der Waals surface area contributed by atoms with E-state index >= 15 is 0 Å². The van der Waals surface area contributed by atoms with Crippen LogP contribution in [0.15, 0.2) is 36.4 Å². The van der Waals surface area contributed by atoms with Gasteiger partial charge in [0.2, 0.25) is 0 Å². The predicted molar refractivity (Wildman–Crippen MR) is 83.4 cm³/mol. The minimum Gasteiger partial charge on any atom is -0.399 e. The SMILES string of the molecule is CC(C)(C)NC(=O)c1cc(N)cc(-c2ccc(F)c(F)c2)c1. The minimum atomic E-state index is -0.944. The minimum absolute atomic E-state index is 0.274. The van der Waals surface area contributed by atoms with Crippen LogP contribution < -0.4 is 11.1 Å². The number of rotatable bonds is 2. The third-order valence-corrected chi connectivity index (χ3v) is 2.96. The number of nitrogens with two attached hydrogens (primary N) is 1. The summed E-state index contributed by atoms with van der Waals surface area (Å²) in [5.41, 5.74) is 7.19. The molecule has 2 aromatic carbocycles. The Balaban J connectivity index is 2.42. The van der Waals surface area contributed by atoms with Gasteiger partial charge in [-0.1, -0.05) is 6.07 Å². The molecule has 0 saturated carbocycles. The van der Waals surface area contributed by atoms with E-state index in [4.69, 9.17) is 5.73 Å². The largest absolute Gasteiger partial charge is 0.399 e. The molecule has 0 unspecified atom stereocenters. The highest BCUT2D eigenvalue weighted by Crippen LogP contribution is 2.25. The van der Waals surface area contributed by atoms with Gasteiger partial charge in [0.25, 0.3) is 5.91 Å². The number of nitrogens with one attached hydrogen (secondary N) is 1. The van der Waals surface area contributed by atoms with Gasteiger partial charge in [-0.25, -0.2) is 8.78 Å². The Kier molecular flexibility index (Phi) is 4.17. The Hall–Kier alpha value is -2.43. The lowest BCUT2D eigenvalue weighted by molar-refractivity contribution is 0.0919. The number of amides is 1. The van der Waals surface area contributed by atoms with Gasteiger partial charge >= 0.3 is 0 Å². The van der Waals surface area contributed by atoms with Crippen molar-refractivity contribution in [2.75, 3.05) is 5.73 Å². The summed E-state index contributed by atoms with van der Waals surface area (Å²) in [7, 11) is 0. The van der Waals surface area contributed by atoms with Crippen molar-refractivity contribution < 1.29 is 13.6 Å². The van der Waals surface area contributed by atoms with Gasteiger partial charge in [-0.2, -0.15) is 0 Å². The van der Waals surface area contributed by atoms with E-state index in [1.54, 1.807) is 18.2 Å². The van der Waals surface area contributed by atoms with E-state index in [0.717, 1.165) is 12.1 Å². The number of carbonyl (C=O) groups is 1. The van der Waals surface area contributed by atoms with E-state index < -0.39 is 11.6 Å². The normalized spacial score (nSPS) is 11.3. The molecule has 3 nitrogen and oxygen atoms in total. The van der Waals surface area contributed by atoms with Gasteiger partial charge in [0.1, 0.15) is 0 Å². The van der Waals surface area contributed by atoms with Crippen LogP contribution >= 0.6 is 0 Å². The van der Waals surface area contributed by atoms with Gasteiger partial charge in [0.05, 0.1) is 0 Å². The molecule has 0 radical (unpaired) electrons. The van der Waals surface area contributed by atoms with Crippen molar-refractivity contribution in [3.63, 3.8) is 0 Å². The van der Waals surface area contributed by atoms with E-state index in [0.29, 0.717) is 22.4 Å². The molecule has 0 heterocycles. The Bertz CT molecular complexity index is 721. The Morgan fingerprint density at radius 1 is 1.00 bits per heavy atom. The van der Waals surface area contributed by atoms with Gasteiger partial charge in [0.15, 0.2) is 11.6 Å². The zero-order chi connectivity index (χ0) is 16.5. The molecular formula is C17H18F2N2O. The topological polar surface area (TPSA) is 55.1 Å². The Morgan fingerprint density at radius 3 is 2.27 bits per heavy atom. The number of hydrogen-bond acceptors (Lipinski definition) is 2. The van der Waals surface area contributed by atoms with Crippen molar-refractivity contribution in [1.29, 1.82) is 0 Å². The molecule has 1 amide bonds. The maximum absolute atomic E-state index is 13.4. The molecule has 5 heteroatoms. The number of carbonyl (C=O) groups excluding carboxylic acids is 1. The predicted octanol–water partition coefficient (Wildman–Crippen LogP) is 3.74. The standard InChI is InChI=1S/C17H18F2N2O/c1-17(2,3)21-16(22)12-6-11(7-13(20)8-12)10-4-5-14(18)15(19)9-10/h4-9H,20H2,1-3H3,(H,21,22). The average molecular weight is 304 g/mol. The first-order chi connectivity index (χ1) is 10.2. The maximum Gasteiger partial charge on any atom is 0.251 e. The van der Waals surface area contributed by atoms with Crippen LogP contribution in [-0.4, -0.2) is 11.4 Å². The molecule has 3 N–H and O–H groups in total. The third kappa shape index (κ3) is 3.81. The summed E-state index contributed by atoms with van der Waals surface area (Å²) in [5.74, 6) is -2.14. The van der Waals surface area contributed by atoms with Crippen LogP contribution in [0.5, 0.6) is 0 Å². The zero-order valence-electron chi connectivity index (χ0n) is 12.7. The fourth-order valence-corrected chi connectivity index (χ4v) is 2.04. The summed E-state index contributed by atoms with van der Waals surface area (Å²) in [6, 6.07) is 8.33. The molecule has 0 saturated heterocycles. The number of nitrogen functional groups attached to an aromatic ring is 1. The fourth-order valence-electron chi connectivity index (χ4n) is 2.04. The maximum atomic E-state index is 13.4. The Morgan fingerprint density at radius 2 is 1.68 bits per heavy atom. The van der Waals surface area contributed by atoms with Crippen LogP contribution in [0, 0.1) is 11.6 Å². The molecule has 0 aliphatic carbocycles. The fraction of sp³-hybridized carbons (Fsp3) is 0.235. The molecule has 0 spiro atoms. The highest BCUT2D eigenvalue weighted by atomic mass is 19.2. The van der Waals surface area contributed by atoms with Crippen LogP contribution in [0.4, 0.5) is 14.5 Å². The van der Waals surface area contributed by atoms with E-state index in [1.807, 2.05) is 20.8 Å². The van der Waals surface area contributed by atoms with Gasteiger partial charge in [-0.05, 0) is 62.2 Å². The first-order valence-corrected chi connectivity index (χ1v) is 6.84. The first-order valence-electron chi connectivity index (χ1n) is 6.84. The smallest absolute Gasteiger partial charge is 0.251 e. The molecular weight excluding hydrogens is 286 g/mol. The number of halogens is 2. The number of anilines is 1. The van der Waals surface area contributed by atoms with Crippen molar-refractivity contribution in [1.82, 2.24) is 5.32 Å². The van der Waals surface area contributed by atoms with Crippen molar-refractivity contribution in [3.05, 3.63) is 53.6 Å². The van der Waals surface area contributed by atoms with Gasteiger partial charge in [0, 0.05) is 16.8 Å². The zero-order valence-corrected chi connectivity index (χ0v) is 12.7. The molecule has 0 aromatic heterocycles. The third-order valence-electron chi connectivity index (χ3n) is 2.96. The second-order valence-corrected chi connectivity index (χ2v) is 6.18. The molecule has 0 fully saturated rings. The van der Waals surface area contributed by atoms with Crippen LogP contribution in [0.25, 0.3) is 11.1 Å². The molecule has 0 aliphatic rings. The van der Waals surface area contributed by atoms with Crippen LogP contribution in [0.3, 0.4) is 0 Å². The molecule has 2 rings (SSSR count). The Labute approximate surface area is 128 Å². The highest BCUT2D eigenvalue weighted by molar-refractivity contribution is 5.97. The van der Waals surface area contributed by atoms with E-state index in [2.05, 4.69) is 5.32 Å². The lowest BCUT2D eigenvalue weighted by atomic mass is 10.0. The van der Waals surface area contributed by atoms with E-state index in [-0.39, 0.29) is 11.4 Å². The quantitative estimate of drug-likeness (QED) is 0.830. The number of hydrogen-bond donors (Lipinski definition) is 2. The second-order valence-electron chi connectivity index (χ2n) is 6.18. The van der Waals surface area contributed by atoms with Crippen LogP contribution in [0.1, 0.15) is 31.1 Å². The average Bonchev–Trinajstić information content (AvgIpc) is 2.39. The van der Waals surface area contributed by atoms with Crippen LogP contribution in [-0.2, 0) is 0 Å². The molecule has 0 aliphatic heterocycles. The van der Waals surface area contributed by atoms with Crippen molar-refractivity contribution in [3.8, 4) is 11.1 Å². The van der Waals surface area contributed by atoms with Crippen molar-refractivity contribution >= 4 is 11.6 Å². The summed E-state index contributed by atoms with van der Waals surface area (Å²) in [6.45, 7) is 5.61. The van der Waals surface area contributed by atoms with Crippen molar-refractivity contribution in [2.24, 2.45) is 0 Å². The summed E-state index contributed by atoms with van der Waals surface area (Å²) >= 11 is 0. The lowest BCUT2D eigenvalue weighted by Crippen LogP contribution is -2.40. The summed E-state index contributed by atoms with van der Waals surface area (Å²) < 4.78 is 26.4. The molecule has 0 bridgehead atoms. The van der Waals surface area contributed by atoms with E-state index in [9.17, 15) is 13.6 Å². The lowest BCUT2D eigenvalue weighted by Gasteiger charge is -2.21. The highest BCUT2D eigenvalue weighted by Gasteiger charge is 2.16. The molecule has 0 atom stereocenters. The monoisotopic (exact) mass is 304 g/mol. The molecule has 2 aromatic rings. The first kappa shape index (κ1) is 15.9. The molecule has 22 heavy (non-hydrogen) atoms. The van der Waals surface area contributed by atoms with Gasteiger partial charge in [-0.15, -0.1) is 0 Å². The summed E-state index contributed by atoms with van der Waals surface area (Å²) in [4.78, 5) is 12.2.